The first-order chi connectivity index (χ1) is 15.1. The predicted octanol–water partition coefficient (Wildman–Crippen LogP) is 3.94. The molecule has 8 heteroatoms. The topological polar surface area (TPSA) is 65.4 Å². The lowest BCUT2D eigenvalue weighted by atomic mass is 10.1. The molecule has 31 heavy (non-hydrogen) atoms. The second-order valence-electron chi connectivity index (χ2n) is 7.24. The number of rotatable bonds is 8. The third-order valence-electron chi connectivity index (χ3n) is 5.29. The van der Waals surface area contributed by atoms with Crippen molar-refractivity contribution in [3.63, 3.8) is 0 Å². The molecule has 6 nitrogen and oxygen atoms in total. The van der Waals surface area contributed by atoms with Crippen molar-refractivity contribution in [3.05, 3.63) is 71.0 Å². The maximum absolute atomic E-state index is 12.8. The minimum absolute atomic E-state index is 0.0271. The fourth-order valence-electron chi connectivity index (χ4n) is 3.87. The number of carbonyl (C=O) groups excluding carboxylic acids is 1. The Hall–Kier alpha value is -3.42. The molecule has 162 valence electrons. The molecule has 0 saturated carbocycles. The van der Waals surface area contributed by atoms with Crippen molar-refractivity contribution in [2.45, 2.75) is 32.3 Å². The SMILES string of the molecule is COc1ccc(CCNC(=O)c2nn(-c3ccccc3)c3c2CCC3)cc1OC(F)F. The van der Waals surface area contributed by atoms with Crippen LogP contribution in [0.2, 0.25) is 0 Å². The van der Waals surface area contributed by atoms with Crippen LogP contribution in [-0.4, -0.2) is 36.0 Å². The number of aromatic nitrogens is 2. The van der Waals surface area contributed by atoms with Crippen LogP contribution in [0.1, 0.15) is 33.7 Å². The van der Waals surface area contributed by atoms with Gasteiger partial charge in [-0.1, -0.05) is 24.3 Å². The molecule has 0 radical (unpaired) electrons. The largest absolute Gasteiger partial charge is 0.493 e. The lowest BCUT2D eigenvalue weighted by molar-refractivity contribution is -0.0512. The molecule has 1 heterocycles. The fourth-order valence-corrected chi connectivity index (χ4v) is 3.87. The molecule has 1 amide bonds. The number of nitrogens with one attached hydrogen (secondary N) is 1. The highest BCUT2D eigenvalue weighted by Crippen LogP contribution is 2.30. The minimum atomic E-state index is -2.94. The number of nitrogens with zero attached hydrogens (tertiary/aromatic N) is 2. The Morgan fingerprint density at radius 2 is 1.97 bits per heavy atom. The summed E-state index contributed by atoms with van der Waals surface area (Å²) in [5.41, 5.74) is 4.22. The van der Waals surface area contributed by atoms with Crippen LogP contribution in [-0.2, 0) is 19.3 Å². The second-order valence-corrected chi connectivity index (χ2v) is 7.24. The summed E-state index contributed by atoms with van der Waals surface area (Å²) in [4.78, 5) is 12.8. The average molecular weight is 427 g/mol. The van der Waals surface area contributed by atoms with E-state index in [0.29, 0.717) is 18.7 Å². The number of carbonyl (C=O) groups is 1. The first-order valence-corrected chi connectivity index (χ1v) is 10.1. The van der Waals surface area contributed by atoms with Crippen molar-refractivity contribution in [3.8, 4) is 17.2 Å². The maximum Gasteiger partial charge on any atom is 0.387 e. The van der Waals surface area contributed by atoms with Crippen LogP contribution >= 0.6 is 0 Å². The Labute approximate surface area is 178 Å². The lowest BCUT2D eigenvalue weighted by Crippen LogP contribution is -2.27. The predicted molar refractivity (Wildman–Crippen MR) is 111 cm³/mol. The van der Waals surface area contributed by atoms with Crippen molar-refractivity contribution in [1.29, 1.82) is 0 Å². The molecule has 0 aliphatic heterocycles. The minimum Gasteiger partial charge on any atom is -0.493 e. The molecule has 0 unspecified atom stereocenters. The van der Waals surface area contributed by atoms with Gasteiger partial charge in [-0.3, -0.25) is 4.79 Å². The number of halogens is 2. The number of methoxy groups -OCH3 is 1. The van der Waals surface area contributed by atoms with Gasteiger partial charge in [0.05, 0.1) is 12.8 Å². The zero-order valence-corrected chi connectivity index (χ0v) is 17.1. The molecule has 2 aromatic carbocycles. The monoisotopic (exact) mass is 427 g/mol. The highest BCUT2D eigenvalue weighted by molar-refractivity contribution is 5.94. The summed E-state index contributed by atoms with van der Waals surface area (Å²) in [6.07, 6.45) is 3.18. The van der Waals surface area contributed by atoms with E-state index in [1.807, 2.05) is 35.0 Å². The van der Waals surface area contributed by atoms with Crippen LogP contribution in [0, 0.1) is 0 Å². The lowest BCUT2D eigenvalue weighted by Gasteiger charge is -2.12. The van der Waals surface area contributed by atoms with Gasteiger partial charge in [0.25, 0.3) is 5.91 Å². The third-order valence-corrected chi connectivity index (χ3v) is 5.29. The summed E-state index contributed by atoms with van der Waals surface area (Å²) in [6.45, 7) is -2.60. The Bertz CT molecular complexity index is 1070. The van der Waals surface area contributed by atoms with Crippen LogP contribution in [0.25, 0.3) is 5.69 Å². The van der Waals surface area contributed by atoms with Gasteiger partial charge in [-0.05, 0) is 55.5 Å². The molecule has 0 saturated heterocycles. The molecule has 0 atom stereocenters. The van der Waals surface area contributed by atoms with Gasteiger partial charge in [0.15, 0.2) is 17.2 Å². The van der Waals surface area contributed by atoms with E-state index in [-0.39, 0.29) is 17.4 Å². The average Bonchev–Trinajstić information content (AvgIpc) is 3.37. The van der Waals surface area contributed by atoms with Gasteiger partial charge in [-0.2, -0.15) is 13.9 Å². The molecular weight excluding hydrogens is 404 g/mol. The van der Waals surface area contributed by atoms with Gasteiger partial charge in [0.1, 0.15) is 0 Å². The summed E-state index contributed by atoms with van der Waals surface area (Å²) in [5, 5.41) is 7.48. The molecule has 1 N–H and O–H groups in total. The number of fused-ring (bicyclic) bond motifs is 1. The number of benzene rings is 2. The van der Waals surface area contributed by atoms with Crippen LogP contribution in [0.15, 0.2) is 48.5 Å². The molecule has 4 rings (SSSR count). The van der Waals surface area contributed by atoms with Gasteiger partial charge in [-0.25, -0.2) is 4.68 Å². The van der Waals surface area contributed by atoms with E-state index in [0.717, 1.165) is 41.8 Å². The van der Waals surface area contributed by atoms with Crippen molar-refractivity contribution < 1.29 is 23.0 Å². The van der Waals surface area contributed by atoms with Gasteiger partial charge in [0.2, 0.25) is 0 Å². The highest BCUT2D eigenvalue weighted by Gasteiger charge is 2.26. The van der Waals surface area contributed by atoms with E-state index < -0.39 is 6.61 Å². The van der Waals surface area contributed by atoms with Crippen LogP contribution in [0.3, 0.4) is 0 Å². The zero-order chi connectivity index (χ0) is 21.8. The van der Waals surface area contributed by atoms with Crippen LogP contribution < -0.4 is 14.8 Å². The molecule has 1 aliphatic carbocycles. The van der Waals surface area contributed by atoms with Crippen molar-refractivity contribution in [2.75, 3.05) is 13.7 Å². The molecule has 1 aliphatic rings. The van der Waals surface area contributed by atoms with Crippen molar-refractivity contribution in [2.24, 2.45) is 0 Å². The van der Waals surface area contributed by atoms with E-state index in [4.69, 9.17) is 4.74 Å². The number of amides is 1. The number of alkyl halides is 2. The Balaban J connectivity index is 1.44. The first-order valence-electron chi connectivity index (χ1n) is 10.1. The molecule has 0 spiro atoms. The normalized spacial score (nSPS) is 12.6. The first kappa shape index (κ1) is 20.8. The quantitative estimate of drug-likeness (QED) is 0.591. The van der Waals surface area contributed by atoms with Crippen LogP contribution in [0.4, 0.5) is 8.78 Å². The number of para-hydroxylation sites is 1. The van der Waals surface area contributed by atoms with E-state index in [9.17, 15) is 13.6 Å². The summed E-state index contributed by atoms with van der Waals surface area (Å²) < 4.78 is 36.6. The summed E-state index contributed by atoms with van der Waals surface area (Å²) in [7, 11) is 1.39. The Morgan fingerprint density at radius 3 is 2.71 bits per heavy atom. The summed E-state index contributed by atoms with van der Waals surface area (Å²) in [6, 6.07) is 14.6. The fraction of sp³-hybridized carbons (Fsp3) is 0.304. The number of hydrogen-bond donors (Lipinski definition) is 1. The van der Waals surface area contributed by atoms with E-state index >= 15 is 0 Å². The van der Waals surface area contributed by atoms with E-state index in [1.165, 1.54) is 13.2 Å². The Kier molecular flexibility index (Phi) is 6.16. The van der Waals surface area contributed by atoms with Gasteiger partial charge in [0, 0.05) is 17.8 Å². The number of hydrogen-bond acceptors (Lipinski definition) is 4. The maximum atomic E-state index is 12.8. The standard InChI is InChI=1S/C23H23F2N3O3/c1-30-19-11-10-15(14-20(19)31-23(24)25)12-13-26-22(29)21-17-8-5-9-18(17)28(27-21)16-6-3-2-4-7-16/h2-4,6-7,10-11,14,23H,5,8-9,12-13H2,1H3,(H,26,29). The second kappa shape index (κ2) is 9.16. The Morgan fingerprint density at radius 1 is 1.16 bits per heavy atom. The molecular formula is C23H23F2N3O3. The molecule has 1 aromatic heterocycles. The van der Waals surface area contributed by atoms with Crippen molar-refractivity contribution in [1.82, 2.24) is 15.1 Å². The third kappa shape index (κ3) is 4.52. The number of ether oxygens (including phenoxy) is 2. The smallest absolute Gasteiger partial charge is 0.387 e. The molecule has 0 bridgehead atoms. The molecule has 0 fully saturated rings. The summed E-state index contributed by atoms with van der Waals surface area (Å²) >= 11 is 0. The van der Waals surface area contributed by atoms with Gasteiger partial charge in [-0.15, -0.1) is 0 Å². The summed E-state index contributed by atoms with van der Waals surface area (Å²) in [5.74, 6) is -0.0266. The van der Waals surface area contributed by atoms with Gasteiger partial charge >= 0.3 is 6.61 Å². The van der Waals surface area contributed by atoms with E-state index in [2.05, 4.69) is 15.2 Å². The molecule has 3 aromatic rings. The zero-order valence-electron chi connectivity index (χ0n) is 17.1. The van der Waals surface area contributed by atoms with Gasteiger partial charge < -0.3 is 14.8 Å². The highest BCUT2D eigenvalue weighted by atomic mass is 19.3. The van der Waals surface area contributed by atoms with Crippen LogP contribution in [0.5, 0.6) is 11.5 Å². The van der Waals surface area contributed by atoms with Crippen molar-refractivity contribution >= 4 is 5.91 Å². The van der Waals surface area contributed by atoms with E-state index in [1.54, 1.807) is 12.1 Å².